The van der Waals surface area contributed by atoms with Gasteiger partial charge in [-0.3, -0.25) is 4.79 Å². The van der Waals surface area contributed by atoms with Crippen molar-refractivity contribution in [2.24, 2.45) is 0 Å². The Bertz CT molecular complexity index is 1890. The van der Waals surface area contributed by atoms with Crippen molar-refractivity contribution in [3.05, 3.63) is 72.9 Å². The standard InChI is InChI=1S/C82H149NO13/c1-3-5-7-9-11-13-15-17-19-21-23-25-27-29-31-32-33-34-35-36-37-38-40-42-44-46-48-50-52-54-56-58-60-62-64-66-74(87)83-70(69-93-81-79(92)77(90)80(73(68-85)95-81)96-82-78(91)76(89)75(88)72(67-84)94-82)71(86)65-63-61-59-57-55-53-51-49-47-45-43-41-39-30-28-26-24-22-20-18-16-14-12-10-8-6-4-2/h5,7,11,13,17,19,23,25,29,31,63,65,70-73,75-82,84-86,88-92H,3-4,6,8-10,12,14-16,18,20-22,24,26-28,30,32-62,64,66-69H2,1-2H3,(H,83,87)/b7-5-,13-11-,19-17-,25-23-,31-29-,65-63+. The van der Waals surface area contributed by atoms with Crippen LogP contribution in [0, 0.1) is 0 Å². The lowest BCUT2D eigenvalue weighted by molar-refractivity contribution is -0.359. The Morgan fingerprint density at radius 1 is 0.385 bits per heavy atom. The predicted molar refractivity (Wildman–Crippen MR) is 397 cm³/mol. The van der Waals surface area contributed by atoms with Gasteiger partial charge in [0.05, 0.1) is 32.0 Å². The van der Waals surface area contributed by atoms with Gasteiger partial charge < -0.3 is 65.1 Å². The first-order chi connectivity index (χ1) is 47.1. The molecule has 2 aliphatic heterocycles. The molecule has 96 heavy (non-hydrogen) atoms. The third kappa shape index (κ3) is 48.3. The number of aliphatic hydroxyl groups is 8. The average molecular weight is 1360 g/mol. The van der Waals surface area contributed by atoms with Crippen molar-refractivity contribution in [2.45, 2.75) is 421 Å². The molecule has 12 atom stereocenters. The average Bonchev–Trinajstić information content (AvgIpc) is 0.797. The van der Waals surface area contributed by atoms with Crippen LogP contribution in [0.25, 0.3) is 0 Å². The number of rotatable bonds is 67. The maximum Gasteiger partial charge on any atom is 0.220 e. The summed E-state index contributed by atoms with van der Waals surface area (Å²) >= 11 is 0. The van der Waals surface area contributed by atoms with Gasteiger partial charge in [0.25, 0.3) is 0 Å². The number of hydrogen-bond acceptors (Lipinski definition) is 13. The molecule has 12 unspecified atom stereocenters. The van der Waals surface area contributed by atoms with Crippen molar-refractivity contribution < 1.29 is 64.6 Å². The summed E-state index contributed by atoms with van der Waals surface area (Å²) in [4.78, 5) is 13.4. The number of carbonyl (C=O) groups is 1. The lowest BCUT2D eigenvalue weighted by Gasteiger charge is -2.46. The first-order valence-electron chi connectivity index (χ1n) is 40.2. The molecule has 0 aromatic carbocycles. The zero-order chi connectivity index (χ0) is 69.4. The topological polar surface area (TPSA) is 228 Å². The summed E-state index contributed by atoms with van der Waals surface area (Å²) in [5.74, 6) is -0.234. The molecular formula is C82H149NO13. The quantitative estimate of drug-likeness (QED) is 0.0204. The molecule has 2 saturated heterocycles. The Morgan fingerprint density at radius 2 is 0.719 bits per heavy atom. The van der Waals surface area contributed by atoms with E-state index in [4.69, 9.17) is 18.9 Å². The van der Waals surface area contributed by atoms with Gasteiger partial charge in [-0.1, -0.05) is 350 Å². The summed E-state index contributed by atoms with van der Waals surface area (Å²) in [6.45, 7) is 2.74. The van der Waals surface area contributed by atoms with Crippen LogP contribution >= 0.6 is 0 Å². The number of ether oxygens (including phenoxy) is 4. The fraction of sp³-hybridized carbons (Fsp3) is 0.841. The Labute approximate surface area is 587 Å². The largest absolute Gasteiger partial charge is 0.394 e. The van der Waals surface area contributed by atoms with Crippen LogP contribution in [0.4, 0.5) is 0 Å². The lowest BCUT2D eigenvalue weighted by atomic mass is 9.97. The minimum absolute atomic E-state index is 0.234. The molecule has 0 aliphatic carbocycles. The molecular weight excluding hydrogens is 1210 g/mol. The van der Waals surface area contributed by atoms with Crippen LogP contribution < -0.4 is 5.32 Å². The van der Waals surface area contributed by atoms with Gasteiger partial charge in [0.2, 0.25) is 5.91 Å². The van der Waals surface area contributed by atoms with E-state index in [1.807, 2.05) is 6.08 Å². The van der Waals surface area contributed by atoms with E-state index in [2.05, 4.69) is 79.9 Å². The molecule has 14 heteroatoms. The molecule has 0 aromatic rings. The number of allylic oxidation sites excluding steroid dienone is 11. The van der Waals surface area contributed by atoms with E-state index in [1.165, 1.54) is 250 Å². The first kappa shape index (κ1) is 89.5. The first-order valence-corrected chi connectivity index (χ1v) is 40.2. The van der Waals surface area contributed by atoms with Gasteiger partial charge in [0.1, 0.15) is 48.8 Å². The van der Waals surface area contributed by atoms with Crippen LogP contribution in [0.1, 0.15) is 348 Å². The van der Waals surface area contributed by atoms with Crippen LogP contribution in [0.2, 0.25) is 0 Å². The zero-order valence-corrected chi connectivity index (χ0v) is 61.4. The smallest absolute Gasteiger partial charge is 0.220 e. The minimum atomic E-state index is -1.79. The molecule has 0 bridgehead atoms. The number of unbranched alkanes of at least 4 members (excludes halogenated alkanes) is 44. The van der Waals surface area contributed by atoms with Crippen molar-refractivity contribution in [2.75, 3.05) is 19.8 Å². The van der Waals surface area contributed by atoms with Crippen molar-refractivity contribution >= 4 is 5.91 Å². The van der Waals surface area contributed by atoms with E-state index >= 15 is 0 Å². The summed E-state index contributed by atoms with van der Waals surface area (Å²) < 4.78 is 22.9. The number of aliphatic hydroxyl groups excluding tert-OH is 8. The van der Waals surface area contributed by atoms with Crippen LogP contribution in [-0.2, 0) is 23.7 Å². The molecule has 0 aromatic heterocycles. The van der Waals surface area contributed by atoms with Gasteiger partial charge >= 0.3 is 0 Å². The van der Waals surface area contributed by atoms with E-state index in [1.54, 1.807) is 6.08 Å². The molecule has 1 amide bonds. The van der Waals surface area contributed by atoms with Crippen LogP contribution in [-0.4, -0.2) is 140 Å². The second kappa shape index (κ2) is 65.7. The zero-order valence-electron chi connectivity index (χ0n) is 61.4. The highest BCUT2D eigenvalue weighted by atomic mass is 16.7. The molecule has 9 N–H and O–H groups in total. The summed E-state index contributed by atoms with van der Waals surface area (Å²) in [6, 6.07) is -0.918. The van der Waals surface area contributed by atoms with Crippen molar-refractivity contribution in [3.8, 4) is 0 Å². The van der Waals surface area contributed by atoms with E-state index in [0.717, 1.165) is 70.6 Å². The fourth-order valence-electron chi connectivity index (χ4n) is 13.1. The van der Waals surface area contributed by atoms with Crippen LogP contribution in [0.5, 0.6) is 0 Å². The second-order valence-corrected chi connectivity index (χ2v) is 28.2. The van der Waals surface area contributed by atoms with Gasteiger partial charge in [-0.2, -0.15) is 0 Å². The second-order valence-electron chi connectivity index (χ2n) is 28.2. The number of carbonyl (C=O) groups excluding carboxylic acids is 1. The SMILES string of the molecule is CC/C=C\C/C=C\C/C=C\C/C=C\C/C=C\CCCCCCCCCCCCCCCCCCCCCC(=O)NC(COC1OC(CO)C(OC2OC(CO)C(O)C(O)C2O)C(O)C1O)C(O)/C=C/CCCCCCCCCCCCCCCCCCCCCCCCCCC. The Balaban J connectivity index is 1.61. The van der Waals surface area contributed by atoms with Gasteiger partial charge in [0, 0.05) is 6.42 Å². The maximum absolute atomic E-state index is 13.4. The van der Waals surface area contributed by atoms with E-state index < -0.39 is 86.8 Å². The Kier molecular flexibility index (Phi) is 61.3. The normalized spacial score (nSPS) is 22.6. The molecule has 14 nitrogen and oxygen atoms in total. The Morgan fingerprint density at radius 3 is 1.10 bits per heavy atom. The highest BCUT2D eigenvalue weighted by Gasteiger charge is 2.51. The Hall–Kier alpha value is -2.57. The van der Waals surface area contributed by atoms with E-state index in [-0.39, 0.29) is 18.9 Å². The third-order valence-electron chi connectivity index (χ3n) is 19.4. The molecule has 0 saturated carbocycles. The summed E-state index contributed by atoms with van der Waals surface area (Å²) in [7, 11) is 0. The molecule has 2 aliphatic rings. The third-order valence-corrected chi connectivity index (χ3v) is 19.4. The van der Waals surface area contributed by atoms with E-state index in [0.29, 0.717) is 6.42 Å². The molecule has 0 radical (unpaired) electrons. The van der Waals surface area contributed by atoms with Crippen LogP contribution in [0.15, 0.2) is 72.9 Å². The number of amides is 1. The van der Waals surface area contributed by atoms with Gasteiger partial charge in [-0.05, 0) is 64.2 Å². The van der Waals surface area contributed by atoms with Gasteiger partial charge in [-0.15, -0.1) is 0 Å². The van der Waals surface area contributed by atoms with Crippen molar-refractivity contribution in [1.82, 2.24) is 5.32 Å². The summed E-state index contributed by atoms with van der Waals surface area (Å²) in [5.41, 5.74) is 0. The molecule has 0 spiro atoms. The van der Waals surface area contributed by atoms with Crippen molar-refractivity contribution in [3.63, 3.8) is 0 Å². The molecule has 2 fully saturated rings. The van der Waals surface area contributed by atoms with Crippen LogP contribution in [0.3, 0.4) is 0 Å². The predicted octanol–water partition coefficient (Wildman–Crippen LogP) is 18.1. The monoisotopic (exact) mass is 1360 g/mol. The van der Waals surface area contributed by atoms with E-state index in [9.17, 15) is 45.6 Å². The lowest BCUT2D eigenvalue weighted by Crippen LogP contribution is -2.65. The number of nitrogens with one attached hydrogen (secondary N) is 1. The molecule has 2 rings (SSSR count). The maximum atomic E-state index is 13.4. The van der Waals surface area contributed by atoms with Crippen molar-refractivity contribution in [1.29, 1.82) is 0 Å². The highest BCUT2D eigenvalue weighted by Crippen LogP contribution is 2.30. The molecule has 560 valence electrons. The highest BCUT2D eigenvalue weighted by molar-refractivity contribution is 5.76. The summed E-state index contributed by atoms with van der Waals surface area (Å²) in [6.07, 6.45) is 74.1. The fourth-order valence-corrected chi connectivity index (χ4v) is 13.1. The molecule has 2 heterocycles. The minimum Gasteiger partial charge on any atom is -0.394 e. The summed E-state index contributed by atoms with van der Waals surface area (Å²) in [5, 5.41) is 87.7. The van der Waals surface area contributed by atoms with Gasteiger partial charge in [0.15, 0.2) is 12.6 Å². The number of hydrogen-bond donors (Lipinski definition) is 9. The van der Waals surface area contributed by atoms with Gasteiger partial charge in [-0.25, -0.2) is 0 Å².